The average molecular weight is 555 g/mol. The van der Waals surface area contributed by atoms with E-state index in [0.717, 1.165) is 22.5 Å². The monoisotopic (exact) mass is 553 g/mol. The molecule has 10 heteroatoms. The maximum absolute atomic E-state index is 13.5. The Bertz CT molecular complexity index is 1090. The molecule has 2 unspecified atom stereocenters. The SMILES string of the molecule is CCC(C)NC(=O)C(C)N(Cc1ccc(OC)cc1)C(=O)CN(c1ccccc1Br)S(C)(=O)=O. The molecule has 0 aliphatic carbocycles. The van der Waals surface area contributed by atoms with Crippen molar-refractivity contribution in [3.8, 4) is 5.75 Å². The highest BCUT2D eigenvalue weighted by atomic mass is 79.9. The number of para-hydroxylation sites is 1. The van der Waals surface area contributed by atoms with Crippen molar-refractivity contribution in [2.24, 2.45) is 0 Å². The van der Waals surface area contributed by atoms with Crippen molar-refractivity contribution in [1.82, 2.24) is 10.2 Å². The zero-order valence-electron chi connectivity index (χ0n) is 20.1. The van der Waals surface area contributed by atoms with E-state index in [1.807, 2.05) is 13.8 Å². The van der Waals surface area contributed by atoms with E-state index in [1.165, 1.54) is 4.90 Å². The molecule has 8 nitrogen and oxygen atoms in total. The molecule has 2 amide bonds. The van der Waals surface area contributed by atoms with Crippen LogP contribution in [0.4, 0.5) is 5.69 Å². The van der Waals surface area contributed by atoms with Crippen LogP contribution in [-0.4, -0.2) is 57.1 Å². The number of hydrogen-bond donors (Lipinski definition) is 1. The van der Waals surface area contributed by atoms with Crippen LogP contribution in [-0.2, 0) is 26.2 Å². The summed E-state index contributed by atoms with van der Waals surface area (Å²) in [6, 6.07) is 13.1. The molecular formula is C24H32BrN3O5S. The second-order valence-corrected chi connectivity index (χ2v) is 10.8. The largest absolute Gasteiger partial charge is 0.497 e. The molecule has 0 aliphatic rings. The zero-order chi connectivity index (χ0) is 25.5. The van der Waals surface area contributed by atoms with Crippen LogP contribution in [0.3, 0.4) is 0 Å². The molecule has 0 fully saturated rings. The average Bonchev–Trinajstić information content (AvgIpc) is 2.80. The number of anilines is 1. The fraction of sp³-hybridized carbons (Fsp3) is 0.417. The van der Waals surface area contributed by atoms with Crippen LogP contribution in [0, 0.1) is 0 Å². The van der Waals surface area contributed by atoms with Gasteiger partial charge in [0.25, 0.3) is 0 Å². The predicted octanol–water partition coefficient (Wildman–Crippen LogP) is 3.56. The number of carbonyl (C=O) groups is 2. The minimum absolute atomic E-state index is 0.0549. The number of methoxy groups -OCH3 is 1. The van der Waals surface area contributed by atoms with E-state index in [0.29, 0.717) is 15.9 Å². The summed E-state index contributed by atoms with van der Waals surface area (Å²) in [5.41, 5.74) is 1.13. The van der Waals surface area contributed by atoms with Gasteiger partial charge >= 0.3 is 0 Å². The van der Waals surface area contributed by atoms with Crippen LogP contribution in [0.25, 0.3) is 0 Å². The van der Waals surface area contributed by atoms with E-state index in [2.05, 4.69) is 21.2 Å². The number of hydrogen-bond acceptors (Lipinski definition) is 5. The Balaban J connectivity index is 2.39. The molecule has 2 aromatic carbocycles. The van der Waals surface area contributed by atoms with Gasteiger partial charge in [-0.25, -0.2) is 8.42 Å². The standard InChI is InChI=1S/C24H32BrN3O5S/c1-6-17(2)26-24(30)18(3)27(15-19-11-13-20(33-4)14-12-19)23(29)16-28(34(5,31)32)22-10-8-7-9-21(22)25/h7-14,17-18H,6,15-16H2,1-5H3,(H,26,30). The minimum Gasteiger partial charge on any atom is -0.497 e. The van der Waals surface area contributed by atoms with Gasteiger partial charge in [-0.05, 0) is 66.0 Å². The van der Waals surface area contributed by atoms with Gasteiger partial charge in [-0.3, -0.25) is 13.9 Å². The number of nitrogens with zero attached hydrogens (tertiary/aromatic N) is 2. The molecule has 0 saturated heterocycles. The third kappa shape index (κ3) is 7.46. The quantitative estimate of drug-likeness (QED) is 0.459. The minimum atomic E-state index is -3.78. The van der Waals surface area contributed by atoms with E-state index in [1.54, 1.807) is 62.6 Å². The fourth-order valence-electron chi connectivity index (χ4n) is 3.22. The van der Waals surface area contributed by atoms with Gasteiger partial charge in [-0.1, -0.05) is 31.2 Å². The Morgan fingerprint density at radius 2 is 1.71 bits per heavy atom. The van der Waals surface area contributed by atoms with Crippen molar-refractivity contribution >= 4 is 43.5 Å². The van der Waals surface area contributed by atoms with E-state index in [4.69, 9.17) is 4.74 Å². The maximum Gasteiger partial charge on any atom is 0.244 e. The first-order valence-electron chi connectivity index (χ1n) is 10.9. The topological polar surface area (TPSA) is 96.0 Å². The van der Waals surface area contributed by atoms with Gasteiger partial charge in [0, 0.05) is 17.1 Å². The lowest BCUT2D eigenvalue weighted by molar-refractivity contribution is -0.139. The third-order valence-electron chi connectivity index (χ3n) is 5.48. The highest BCUT2D eigenvalue weighted by Crippen LogP contribution is 2.28. The van der Waals surface area contributed by atoms with E-state index < -0.39 is 28.5 Å². The number of benzene rings is 2. The highest BCUT2D eigenvalue weighted by Gasteiger charge is 2.31. The van der Waals surface area contributed by atoms with Crippen molar-refractivity contribution in [2.45, 2.75) is 45.8 Å². The first kappa shape index (κ1) is 27.7. The van der Waals surface area contributed by atoms with Gasteiger partial charge in [0.15, 0.2) is 0 Å². The third-order valence-corrected chi connectivity index (χ3v) is 7.28. The molecule has 2 aromatic rings. The van der Waals surface area contributed by atoms with Crippen LogP contribution in [0.1, 0.15) is 32.8 Å². The Labute approximate surface area is 210 Å². The summed E-state index contributed by atoms with van der Waals surface area (Å²) in [5, 5.41) is 2.90. The summed E-state index contributed by atoms with van der Waals surface area (Å²) < 4.78 is 32.0. The normalized spacial score (nSPS) is 13.0. The number of sulfonamides is 1. The predicted molar refractivity (Wildman–Crippen MR) is 137 cm³/mol. The van der Waals surface area contributed by atoms with Crippen molar-refractivity contribution in [2.75, 3.05) is 24.2 Å². The van der Waals surface area contributed by atoms with E-state index in [-0.39, 0.29) is 18.5 Å². The summed E-state index contributed by atoms with van der Waals surface area (Å²) in [5.74, 6) is -0.131. The number of nitrogens with one attached hydrogen (secondary N) is 1. The van der Waals surface area contributed by atoms with Crippen LogP contribution in [0.2, 0.25) is 0 Å². The summed E-state index contributed by atoms with van der Waals surface area (Å²) in [6.07, 6.45) is 1.79. The molecule has 0 aromatic heterocycles. The van der Waals surface area contributed by atoms with Crippen molar-refractivity contribution in [3.05, 3.63) is 58.6 Å². The molecule has 2 atom stereocenters. The van der Waals surface area contributed by atoms with Gasteiger partial charge in [-0.2, -0.15) is 0 Å². The second-order valence-electron chi connectivity index (χ2n) is 8.08. The summed E-state index contributed by atoms with van der Waals surface area (Å²) in [4.78, 5) is 27.8. The smallest absolute Gasteiger partial charge is 0.244 e. The first-order chi connectivity index (χ1) is 16.0. The Morgan fingerprint density at radius 3 is 2.24 bits per heavy atom. The second kappa shape index (κ2) is 12.2. The Kier molecular flexibility index (Phi) is 9.93. The molecule has 186 valence electrons. The highest BCUT2D eigenvalue weighted by molar-refractivity contribution is 9.10. The first-order valence-corrected chi connectivity index (χ1v) is 13.6. The molecule has 0 heterocycles. The summed E-state index contributed by atoms with van der Waals surface area (Å²) >= 11 is 3.36. The number of ether oxygens (including phenoxy) is 1. The molecule has 34 heavy (non-hydrogen) atoms. The maximum atomic E-state index is 13.5. The number of rotatable bonds is 11. The molecule has 2 rings (SSSR count). The lowest BCUT2D eigenvalue weighted by atomic mass is 10.1. The molecule has 0 aliphatic heterocycles. The van der Waals surface area contributed by atoms with Gasteiger partial charge in [-0.15, -0.1) is 0 Å². The lowest BCUT2D eigenvalue weighted by Gasteiger charge is -2.32. The number of halogens is 1. The van der Waals surface area contributed by atoms with Gasteiger partial charge in [0.05, 0.1) is 19.1 Å². The molecular weight excluding hydrogens is 522 g/mol. The number of amides is 2. The fourth-order valence-corrected chi connectivity index (χ4v) is 4.70. The van der Waals surface area contributed by atoms with Gasteiger partial charge in [0.2, 0.25) is 21.8 Å². The van der Waals surface area contributed by atoms with Crippen molar-refractivity contribution in [1.29, 1.82) is 0 Å². The Morgan fingerprint density at radius 1 is 1.09 bits per heavy atom. The number of carbonyl (C=O) groups excluding carboxylic acids is 2. The molecule has 1 N–H and O–H groups in total. The lowest BCUT2D eigenvalue weighted by Crippen LogP contribution is -2.52. The van der Waals surface area contributed by atoms with Crippen molar-refractivity contribution < 1.29 is 22.7 Å². The molecule has 0 radical (unpaired) electrons. The van der Waals surface area contributed by atoms with Crippen LogP contribution in [0.15, 0.2) is 53.0 Å². The van der Waals surface area contributed by atoms with E-state index >= 15 is 0 Å². The Hall–Kier alpha value is -2.59. The molecule has 0 saturated carbocycles. The molecule has 0 spiro atoms. The van der Waals surface area contributed by atoms with Crippen molar-refractivity contribution in [3.63, 3.8) is 0 Å². The van der Waals surface area contributed by atoms with Crippen LogP contribution in [0.5, 0.6) is 5.75 Å². The zero-order valence-corrected chi connectivity index (χ0v) is 22.5. The van der Waals surface area contributed by atoms with E-state index in [9.17, 15) is 18.0 Å². The summed E-state index contributed by atoms with van der Waals surface area (Å²) in [6.45, 7) is 5.17. The van der Waals surface area contributed by atoms with Gasteiger partial charge < -0.3 is 15.0 Å². The van der Waals surface area contributed by atoms with Crippen LogP contribution >= 0.6 is 15.9 Å². The molecule has 0 bridgehead atoms. The van der Waals surface area contributed by atoms with Crippen LogP contribution < -0.4 is 14.4 Å². The summed E-state index contributed by atoms with van der Waals surface area (Å²) in [7, 11) is -2.22. The van der Waals surface area contributed by atoms with Gasteiger partial charge in [0.1, 0.15) is 18.3 Å².